The van der Waals surface area contributed by atoms with Crippen LogP contribution in [0.5, 0.6) is 0 Å². The van der Waals surface area contributed by atoms with Crippen molar-refractivity contribution in [2.45, 2.75) is 59.8 Å². The lowest BCUT2D eigenvalue weighted by molar-refractivity contribution is -0.149. The van der Waals surface area contributed by atoms with Gasteiger partial charge in [-0.25, -0.2) is 0 Å². The average Bonchev–Trinajstić information content (AvgIpc) is 2.39. The van der Waals surface area contributed by atoms with Crippen molar-refractivity contribution in [3.05, 3.63) is 0 Å². The van der Waals surface area contributed by atoms with Crippen LogP contribution in [0.1, 0.15) is 59.8 Å². The topological polar surface area (TPSA) is 72.8 Å². The summed E-state index contributed by atoms with van der Waals surface area (Å²) in [7, 11) is 0. The van der Waals surface area contributed by atoms with E-state index in [4.69, 9.17) is 9.84 Å². The minimum absolute atomic E-state index is 0.0923. The largest absolute Gasteiger partial charge is 0.466 e. The number of esters is 2. The quantitative estimate of drug-likeness (QED) is 0.522. The smallest absolute Gasteiger partial charge is 0.311 e. The maximum Gasteiger partial charge on any atom is 0.311 e. The Labute approximate surface area is 122 Å². The van der Waals surface area contributed by atoms with Crippen molar-refractivity contribution in [3.8, 4) is 0 Å². The number of aliphatic hydroxyl groups is 1. The molecule has 0 radical (unpaired) electrons. The lowest BCUT2D eigenvalue weighted by atomic mass is 10.0. The molecule has 0 saturated heterocycles. The number of hydrogen-bond donors (Lipinski definition) is 1. The maximum atomic E-state index is 11.3. The van der Waals surface area contributed by atoms with E-state index in [-0.39, 0.29) is 24.5 Å². The van der Waals surface area contributed by atoms with Crippen LogP contribution in [-0.4, -0.2) is 36.9 Å². The Bertz CT molecular complexity index is 240. The molecule has 0 aliphatic heterocycles. The Kier molecular flexibility index (Phi) is 16.9. The highest BCUT2D eigenvalue weighted by Gasteiger charge is 2.17. The molecule has 0 rings (SSSR count). The predicted octanol–water partition coefficient (Wildman–Crippen LogP) is 2.70. The van der Waals surface area contributed by atoms with Gasteiger partial charge in [0.05, 0.1) is 25.7 Å². The second-order valence-corrected chi connectivity index (χ2v) is 4.41. The van der Waals surface area contributed by atoms with Crippen LogP contribution in [0.4, 0.5) is 0 Å². The summed E-state index contributed by atoms with van der Waals surface area (Å²) in [6.07, 6.45) is 5.25. The van der Waals surface area contributed by atoms with Crippen molar-refractivity contribution in [1.29, 1.82) is 0 Å². The first-order valence-corrected chi connectivity index (χ1v) is 7.44. The van der Waals surface area contributed by atoms with Crippen LogP contribution in [0.15, 0.2) is 0 Å². The van der Waals surface area contributed by atoms with Gasteiger partial charge >= 0.3 is 11.9 Å². The van der Waals surface area contributed by atoms with Gasteiger partial charge in [0, 0.05) is 6.92 Å². The molecule has 0 spiro atoms. The Hall–Kier alpha value is -1.10. The zero-order chi connectivity index (χ0) is 15.8. The van der Waals surface area contributed by atoms with Crippen LogP contribution < -0.4 is 0 Å². The second kappa shape index (κ2) is 16.0. The molecular formula is C15H30O5. The molecule has 0 aromatic heterocycles. The summed E-state index contributed by atoms with van der Waals surface area (Å²) in [5.74, 6) is -0.782. The molecule has 0 saturated carbocycles. The average molecular weight is 290 g/mol. The molecule has 0 amide bonds. The highest BCUT2D eigenvalue weighted by atomic mass is 16.5. The van der Waals surface area contributed by atoms with Gasteiger partial charge in [-0.05, 0) is 20.3 Å². The Morgan fingerprint density at radius 3 is 1.95 bits per heavy atom. The molecule has 0 aromatic carbocycles. The highest BCUT2D eigenvalue weighted by Crippen LogP contribution is 2.12. The molecule has 1 atom stereocenters. The van der Waals surface area contributed by atoms with Crippen molar-refractivity contribution < 1.29 is 24.2 Å². The lowest BCUT2D eigenvalue weighted by Crippen LogP contribution is -2.21. The molecule has 20 heavy (non-hydrogen) atoms. The Balaban J connectivity index is 0. The maximum absolute atomic E-state index is 11.3. The molecule has 1 unspecified atom stereocenters. The van der Waals surface area contributed by atoms with E-state index < -0.39 is 0 Å². The van der Waals surface area contributed by atoms with Crippen LogP contribution >= 0.6 is 0 Å². The predicted molar refractivity (Wildman–Crippen MR) is 78.3 cm³/mol. The van der Waals surface area contributed by atoms with Crippen molar-refractivity contribution >= 4 is 11.9 Å². The summed E-state index contributed by atoms with van der Waals surface area (Å²) in [5, 5.41) is 8.98. The molecule has 0 aliphatic rings. The third-order valence-corrected chi connectivity index (χ3v) is 2.59. The molecule has 0 aromatic rings. The van der Waals surface area contributed by atoms with Crippen LogP contribution in [0.25, 0.3) is 0 Å². The zero-order valence-electron chi connectivity index (χ0n) is 13.3. The first-order chi connectivity index (χ1) is 9.53. The van der Waals surface area contributed by atoms with E-state index in [1.165, 1.54) is 19.8 Å². The Morgan fingerprint density at radius 2 is 1.60 bits per heavy atom. The SMILES string of the molecule is CCCCCCC(CO)C(=O)OCC.CCOC(C)=O. The van der Waals surface area contributed by atoms with Crippen molar-refractivity contribution in [1.82, 2.24) is 0 Å². The van der Waals surface area contributed by atoms with Crippen molar-refractivity contribution in [3.63, 3.8) is 0 Å². The van der Waals surface area contributed by atoms with Gasteiger partial charge in [-0.1, -0.05) is 32.6 Å². The number of carbonyl (C=O) groups excluding carboxylic acids is 2. The van der Waals surface area contributed by atoms with Crippen molar-refractivity contribution in [2.24, 2.45) is 5.92 Å². The molecular weight excluding hydrogens is 260 g/mol. The summed E-state index contributed by atoms with van der Waals surface area (Å²) >= 11 is 0. The van der Waals surface area contributed by atoms with Gasteiger partial charge in [-0.15, -0.1) is 0 Å². The number of ether oxygens (including phenoxy) is 2. The molecule has 1 N–H and O–H groups in total. The second-order valence-electron chi connectivity index (χ2n) is 4.41. The van der Waals surface area contributed by atoms with Gasteiger partial charge < -0.3 is 14.6 Å². The number of hydrogen-bond acceptors (Lipinski definition) is 5. The highest BCUT2D eigenvalue weighted by molar-refractivity contribution is 5.72. The van der Waals surface area contributed by atoms with E-state index in [0.29, 0.717) is 13.2 Å². The van der Waals surface area contributed by atoms with Gasteiger partial charge in [0.15, 0.2) is 0 Å². The van der Waals surface area contributed by atoms with Crippen molar-refractivity contribution in [2.75, 3.05) is 19.8 Å². The summed E-state index contributed by atoms with van der Waals surface area (Å²) in [4.78, 5) is 21.1. The lowest BCUT2D eigenvalue weighted by Gasteiger charge is -2.12. The van der Waals surface area contributed by atoms with E-state index in [0.717, 1.165) is 19.3 Å². The van der Waals surface area contributed by atoms with Crippen LogP contribution in [0.2, 0.25) is 0 Å². The van der Waals surface area contributed by atoms with Gasteiger partial charge in [0.25, 0.3) is 0 Å². The van der Waals surface area contributed by atoms with E-state index in [9.17, 15) is 9.59 Å². The third-order valence-electron chi connectivity index (χ3n) is 2.59. The monoisotopic (exact) mass is 290 g/mol. The van der Waals surface area contributed by atoms with Crippen LogP contribution in [0.3, 0.4) is 0 Å². The molecule has 0 aliphatic carbocycles. The van der Waals surface area contributed by atoms with Gasteiger partial charge in [-0.2, -0.15) is 0 Å². The minimum atomic E-state index is -0.313. The van der Waals surface area contributed by atoms with Gasteiger partial charge in [0.2, 0.25) is 0 Å². The molecule has 0 bridgehead atoms. The first kappa shape index (κ1) is 21.2. The normalized spacial score (nSPS) is 11.1. The molecule has 0 heterocycles. The molecule has 5 heteroatoms. The van der Waals surface area contributed by atoms with Crippen LogP contribution in [-0.2, 0) is 19.1 Å². The zero-order valence-corrected chi connectivity index (χ0v) is 13.3. The van der Waals surface area contributed by atoms with Gasteiger partial charge in [-0.3, -0.25) is 9.59 Å². The minimum Gasteiger partial charge on any atom is -0.466 e. The van der Waals surface area contributed by atoms with Gasteiger partial charge in [0.1, 0.15) is 0 Å². The number of unbranched alkanes of at least 4 members (excludes halogenated alkanes) is 3. The van der Waals surface area contributed by atoms with E-state index >= 15 is 0 Å². The third kappa shape index (κ3) is 15.0. The summed E-state index contributed by atoms with van der Waals surface area (Å²) in [6, 6.07) is 0. The van der Waals surface area contributed by atoms with Crippen LogP contribution in [0, 0.1) is 5.92 Å². The molecule has 120 valence electrons. The fourth-order valence-corrected chi connectivity index (χ4v) is 1.56. The number of carbonyl (C=O) groups is 2. The fourth-order valence-electron chi connectivity index (χ4n) is 1.56. The van der Waals surface area contributed by atoms with E-state index in [2.05, 4.69) is 11.7 Å². The molecule has 5 nitrogen and oxygen atoms in total. The standard InChI is InChI=1S/C11H22O3.C4H8O2/c1-3-5-6-7-8-10(9-12)11(13)14-4-2;1-3-6-4(2)5/h10,12H,3-9H2,1-2H3;3H2,1-2H3. The summed E-state index contributed by atoms with van der Waals surface area (Å²) in [6.45, 7) is 7.88. The Morgan fingerprint density at radius 1 is 1.00 bits per heavy atom. The van der Waals surface area contributed by atoms with E-state index in [1.54, 1.807) is 13.8 Å². The summed E-state index contributed by atoms with van der Waals surface area (Å²) in [5.41, 5.74) is 0. The summed E-state index contributed by atoms with van der Waals surface area (Å²) < 4.78 is 9.26. The molecule has 0 fully saturated rings. The number of rotatable bonds is 9. The van der Waals surface area contributed by atoms with E-state index in [1.807, 2.05) is 0 Å². The fraction of sp³-hybridized carbons (Fsp3) is 0.867. The first-order valence-electron chi connectivity index (χ1n) is 7.44. The number of aliphatic hydroxyl groups excluding tert-OH is 1.